The Morgan fingerprint density at radius 1 is 1.00 bits per heavy atom. The molecule has 18 heavy (non-hydrogen) atoms. The molecule has 0 bridgehead atoms. The number of rotatable bonds is 4. The van der Waals surface area contributed by atoms with Crippen LogP contribution in [-0.2, 0) is 58.0 Å². The Morgan fingerprint density at radius 2 is 1.28 bits per heavy atom. The van der Waals surface area contributed by atoms with Gasteiger partial charge in [0.2, 0.25) is 0 Å². The predicted molar refractivity (Wildman–Crippen MR) is 72.9 cm³/mol. The molecule has 11 heteroatoms. The van der Waals surface area contributed by atoms with Gasteiger partial charge in [-0.05, 0) is 6.92 Å². The summed E-state index contributed by atoms with van der Waals surface area (Å²) in [6, 6.07) is 0. The Bertz CT molecular complexity index is 306. The van der Waals surface area contributed by atoms with Crippen molar-refractivity contribution in [2.45, 2.75) is 6.92 Å². The molecule has 2 N–H and O–H groups in total. The Balaban J connectivity index is -0.000000709. The fourth-order valence-electron chi connectivity index (χ4n) is 0.832. The summed E-state index contributed by atoms with van der Waals surface area (Å²) in [6.45, 7) is 0.827. The van der Waals surface area contributed by atoms with Crippen LogP contribution in [0.1, 0.15) is 6.92 Å². The van der Waals surface area contributed by atoms with Crippen molar-refractivity contribution in [1.29, 1.82) is 0 Å². The number of hydrogen-bond donors (Lipinski definition) is 0. The van der Waals surface area contributed by atoms with Gasteiger partial charge in [0.25, 0.3) is 5.41 Å². The molecule has 0 atom stereocenters. The average Bonchev–Trinajstić information content (AvgIpc) is 2.30. The van der Waals surface area contributed by atoms with Gasteiger partial charge in [-0.2, -0.15) is 7.05 Å². The summed E-state index contributed by atoms with van der Waals surface area (Å²) in [5.41, 5.74) is 9.73. The first-order chi connectivity index (χ1) is 7.85. The number of Topliss-reactive ketones (excluding diaryl/α,β-unsaturated/α-hetero) is 1. The molecule has 8 nitrogen and oxygen atoms in total. The van der Waals surface area contributed by atoms with Crippen LogP contribution in [0.5, 0.6) is 0 Å². The van der Waals surface area contributed by atoms with Gasteiger partial charge < -0.3 is 22.4 Å². The second-order valence-electron chi connectivity index (χ2n) is 2.36. The third kappa shape index (κ3) is 4.94. The molecule has 1 amide bonds. The number of nitrogens with one attached hydrogen (secondary N) is 2. The molecule has 0 aliphatic rings. The van der Waals surface area contributed by atoms with E-state index in [4.69, 9.17) is 11.5 Å². The van der Waals surface area contributed by atoms with Crippen molar-refractivity contribution < 1.29 is 58.0 Å². The number of halogens is 2. The summed E-state index contributed by atoms with van der Waals surface area (Å²) in [5.74, 6) is -5.67. The van der Waals surface area contributed by atoms with Gasteiger partial charge in [0, 0.05) is 32.7 Å². The molecule has 1 radical (unpaired) electrons. The van der Waals surface area contributed by atoms with Crippen LogP contribution in [0.3, 0.4) is 0 Å². The van der Waals surface area contributed by atoms with Crippen molar-refractivity contribution >= 4 is 69.6 Å². The largest absolute Gasteiger partial charge is 0.680 e. The maximum atomic E-state index is 11.2. The van der Waals surface area contributed by atoms with Crippen LogP contribution in [-0.4, -0.2) is 30.7 Å². The zero-order valence-corrected chi connectivity index (χ0v) is 16.4. The van der Waals surface area contributed by atoms with Gasteiger partial charge >= 0.3 is 11.9 Å². The summed E-state index contributed by atoms with van der Waals surface area (Å²) in [4.78, 5) is 44.5. The van der Waals surface area contributed by atoms with Crippen LogP contribution in [0, 0.1) is 5.41 Å². The quantitative estimate of drug-likeness (QED) is 0.380. The van der Waals surface area contributed by atoms with Crippen LogP contribution in [0.4, 0.5) is 0 Å². The smallest absolute Gasteiger partial charge is 0.346 e. The third-order valence-corrected chi connectivity index (χ3v) is 2.42. The number of carbonyl (C=O) groups excluding carboxylic acids is 4. The topological polar surface area (TPSA) is 134 Å². The second kappa shape index (κ2) is 11.4. The molecule has 0 aliphatic carbocycles. The van der Waals surface area contributed by atoms with E-state index in [0.29, 0.717) is 0 Å². The summed E-state index contributed by atoms with van der Waals surface area (Å²) in [5, 5.41) is 0. The first-order valence-corrected chi connectivity index (χ1v) is 5.54. The van der Waals surface area contributed by atoms with E-state index in [-0.39, 0.29) is 32.7 Å². The fraction of sp³-hybridized carbons (Fsp3) is 0.429. The molecule has 0 rings (SSSR count). The standard InChI is InChI=1S/C6H5I2NO6.CH4N.Y/c1-2(10)6(3(9)11,4(12)14-7)5(13)15-8;1-2;/h1H3,(H2,9,11);2H,1H3;/q;-1;/p-1. The van der Waals surface area contributed by atoms with Crippen molar-refractivity contribution in [3.8, 4) is 0 Å². The van der Waals surface area contributed by atoms with E-state index in [1.54, 1.807) is 0 Å². The number of ketones is 1. The van der Waals surface area contributed by atoms with Gasteiger partial charge in [-0.1, -0.05) is 0 Å². The summed E-state index contributed by atoms with van der Waals surface area (Å²) in [6.07, 6.45) is 0. The molecule has 0 aliphatic heterocycles. The summed E-state index contributed by atoms with van der Waals surface area (Å²) < 4.78 is 8.25. The van der Waals surface area contributed by atoms with Crippen molar-refractivity contribution in [1.82, 2.24) is 0 Å². The van der Waals surface area contributed by atoms with Gasteiger partial charge in [0.1, 0.15) is 0 Å². The Kier molecular flexibility index (Phi) is 15.0. The molecular weight excluding hydrogens is 551 g/mol. The van der Waals surface area contributed by atoms with Gasteiger partial charge in [-0.15, -0.1) is 0 Å². The molecule has 0 saturated heterocycles. The number of hydrogen-bond acceptors (Lipinski definition) is 6. The molecule has 0 fully saturated rings. The van der Waals surface area contributed by atoms with Crippen molar-refractivity contribution in [3.63, 3.8) is 0 Å². The molecule has 0 heterocycles. The zero-order valence-electron chi connectivity index (χ0n) is 9.28. The van der Waals surface area contributed by atoms with E-state index in [1.165, 1.54) is 7.05 Å². The third-order valence-electron chi connectivity index (χ3n) is 1.62. The van der Waals surface area contributed by atoms with Crippen LogP contribution in [0.15, 0.2) is 0 Å². The minimum absolute atomic E-state index is 0. The van der Waals surface area contributed by atoms with Crippen LogP contribution in [0.25, 0.3) is 11.5 Å². The molecule has 101 valence electrons. The van der Waals surface area contributed by atoms with Crippen molar-refractivity contribution in [2.75, 3.05) is 7.05 Å². The van der Waals surface area contributed by atoms with Gasteiger partial charge in [-0.3, -0.25) is 4.79 Å². The van der Waals surface area contributed by atoms with Crippen molar-refractivity contribution in [3.05, 3.63) is 11.5 Å². The minimum atomic E-state index is -2.83. The zero-order chi connectivity index (χ0) is 14.2. The first kappa shape index (κ1) is 23.7. The second-order valence-corrected chi connectivity index (χ2v) is 3.25. The van der Waals surface area contributed by atoms with E-state index in [2.05, 4.69) is 6.13 Å². The molecular formula is C7H8I2N2O6Y-2. The molecule has 0 aromatic heterocycles. The molecule has 0 aromatic carbocycles. The SMILES string of the molecule is CC(=O)C(C([NH-])=O)(C(=O)OI)C(=O)OI.C[NH-].[Y]. The fourth-order valence-corrected chi connectivity index (χ4v) is 1.49. The molecule has 0 spiro atoms. The molecule has 0 saturated carbocycles. The Labute approximate surface area is 156 Å². The van der Waals surface area contributed by atoms with Crippen molar-refractivity contribution in [2.24, 2.45) is 5.41 Å². The van der Waals surface area contributed by atoms with E-state index in [1.807, 2.05) is 0 Å². The number of carbonyl (C=O) groups is 4. The Hall–Kier alpha value is 0.604. The van der Waals surface area contributed by atoms with Gasteiger partial charge in [-0.25, -0.2) is 9.59 Å². The summed E-state index contributed by atoms with van der Waals surface area (Å²) >= 11 is 2.21. The minimum Gasteiger partial charge on any atom is -0.680 e. The molecule has 0 unspecified atom stereocenters. The number of amides is 1. The van der Waals surface area contributed by atoms with Gasteiger partial charge in [0.05, 0.1) is 5.91 Å². The maximum absolute atomic E-state index is 11.2. The summed E-state index contributed by atoms with van der Waals surface area (Å²) in [7, 11) is 1.25. The Morgan fingerprint density at radius 3 is 1.39 bits per heavy atom. The first-order valence-electron chi connectivity index (χ1n) is 3.78. The monoisotopic (exact) mass is 559 g/mol. The van der Waals surface area contributed by atoms with E-state index in [9.17, 15) is 19.2 Å². The van der Waals surface area contributed by atoms with Crippen LogP contribution >= 0.6 is 46.0 Å². The maximum Gasteiger partial charge on any atom is 0.346 e. The van der Waals surface area contributed by atoms with E-state index in [0.717, 1.165) is 52.9 Å². The van der Waals surface area contributed by atoms with E-state index < -0.39 is 29.0 Å². The van der Waals surface area contributed by atoms with Crippen LogP contribution < -0.4 is 0 Å². The molecule has 0 aromatic rings. The van der Waals surface area contributed by atoms with Crippen LogP contribution in [0.2, 0.25) is 0 Å². The predicted octanol–water partition coefficient (Wildman–Crippen LogP) is 1.59. The normalized spacial score (nSPS) is 8.94. The van der Waals surface area contributed by atoms with Gasteiger partial charge in [0.15, 0.2) is 51.8 Å². The van der Waals surface area contributed by atoms with E-state index >= 15 is 0 Å². The average molecular weight is 559 g/mol.